The van der Waals surface area contributed by atoms with Crippen molar-refractivity contribution in [2.24, 2.45) is 0 Å². The summed E-state index contributed by atoms with van der Waals surface area (Å²) in [7, 11) is 0. The van der Waals surface area contributed by atoms with E-state index in [9.17, 15) is 4.79 Å². The first-order valence-electron chi connectivity index (χ1n) is 5.47. The number of hydrogen-bond donors (Lipinski definition) is 0. The van der Waals surface area contributed by atoms with Crippen LogP contribution >= 0.6 is 15.9 Å². The van der Waals surface area contributed by atoms with Gasteiger partial charge in [0.15, 0.2) is 5.76 Å². The molecule has 0 atom stereocenters. The first-order chi connectivity index (χ1) is 8.74. The predicted octanol–water partition coefficient (Wildman–Crippen LogP) is 4.21. The van der Waals surface area contributed by atoms with Crippen molar-refractivity contribution in [2.75, 3.05) is 0 Å². The molecule has 0 radical (unpaired) electrons. The van der Waals surface area contributed by atoms with Crippen LogP contribution in [0.1, 0.15) is 16.3 Å². The molecule has 0 aliphatic rings. The van der Waals surface area contributed by atoms with E-state index in [1.165, 1.54) is 0 Å². The molecule has 1 aromatic carbocycles. The molecule has 0 saturated heterocycles. The molecule has 0 amide bonds. The zero-order chi connectivity index (χ0) is 12.5. The second-order valence-electron chi connectivity index (χ2n) is 3.95. The van der Waals surface area contributed by atoms with E-state index in [-0.39, 0.29) is 12.2 Å². The molecule has 0 aliphatic carbocycles. The third kappa shape index (κ3) is 1.99. The van der Waals surface area contributed by atoms with Crippen molar-refractivity contribution in [3.8, 4) is 0 Å². The first-order valence-corrected chi connectivity index (χ1v) is 6.27. The van der Waals surface area contributed by atoms with Crippen molar-refractivity contribution in [3.05, 3.63) is 58.7 Å². The molecule has 3 rings (SSSR count). The van der Waals surface area contributed by atoms with Crippen LogP contribution in [0.3, 0.4) is 0 Å². The highest BCUT2D eigenvalue weighted by Crippen LogP contribution is 2.27. The van der Waals surface area contributed by atoms with Crippen molar-refractivity contribution < 1.29 is 13.6 Å². The number of furan rings is 2. The summed E-state index contributed by atoms with van der Waals surface area (Å²) in [5.74, 6) is 0.904. The van der Waals surface area contributed by atoms with Crippen LogP contribution in [0.2, 0.25) is 0 Å². The van der Waals surface area contributed by atoms with Crippen molar-refractivity contribution >= 4 is 32.7 Å². The fraction of sp³-hybridized carbons (Fsp3) is 0.0714. The van der Waals surface area contributed by atoms with Gasteiger partial charge < -0.3 is 8.83 Å². The number of carbonyl (C=O) groups excluding carboxylic acids is 1. The van der Waals surface area contributed by atoms with Crippen molar-refractivity contribution in [1.29, 1.82) is 0 Å². The molecular weight excluding hydrogens is 296 g/mol. The maximum absolute atomic E-state index is 12.0. The highest BCUT2D eigenvalue weighted by atomic mass is 79.9. The van der Waals surface area contributed by atoms with Crippen LogP contribution < -0.4 is 0 Å². The van der Waals surface area contributed by atoms with E-state index in [0.29, 0.717) is 17.1 Å². The van der Waals surface area contributed by atoms with E-state index >= 15 is 0 Å². The predicted molar refractivity (Wildman–Crippen MR) is 70.7 cm³/mol. The topological polar surface area (TPSA) is 43.4 Å². The van der Waals surface area contributed by atoms with Crippen LogP contribution in [0, 0.1) is 0 Å². The summed E-state index contributed by atoms with van der Waals surface area (Å²) in [6, 6.07) is 11.0. The van der Waals surface area contributed by atoms with Gasteiger partial charge in [0, 0.05) is 5.39 Å². The van der Waals surface area contributed by atoms with Crippen molar-refractivity contribution in [3.63, 3.8) is 0 Å². The number of Topliss-reactive ketones (excluding diaryl/α,β-unsaturated/α-hetero) is 1. The molecule has 0 spiro atoms. The SMILES string of the molecule is O=C(Cc1ccco1)c1cc2cccc(Br)c2o1. The molecule has 0 saturated carbocycles. The molecule has 3 nitrogen and oxygen atoms in total. The van der Waals surface area contributed by atoms with E-state index < -0.39 is 0 Å². The summed E-state index contributed by atoms with van der Waals surface area (Å²) in [4.78, 5) is 12.0. The second-order valence-corrected chi connectivity index (χ2v) is 4.80. The standard InChI is InChI=1S/C14H9BrO3/c15-11-5-1-3-9-7-13(18-14(9)11)12(16)8-10-4-2-6-17-10/h1-7H,8H2. The zero-order valence-corrected chi connectivity index (χ0v) is 10.9. The molecule has 0 unspecified atom stereocenters. The Bertz CT molecular complexity index is 695. The number of para-hydroxylation sites is 1. The Morgan fingerprint density at radius 1 is 1.22 bits per heavy atom. The lowest BCUT2D eigenvalue weighted by Crippen LogP contribution is -2.00. The number of benzene rings is 1. The first kappa shape index (κ1) is 11.3. The minimum Gasteiger partial charge on any atom is -0.469 e. The van der Waals surface area contributed by atoms with Crippen LogP contribution in [0.4, 0.5) is 0 Å². The largest absolute Gasteiger partial charge is 0.469 e. The van der Waals surface area contributed by atoms with Gasteiger partial charge in [-0.3, -0.25) is 4.79 Å². The Kier molecular flexibility index (Phi) is 2.80. The van der Waals surface area contributed by atoms with Crippen molar-refractivity contribution in [2.45, 2.75) is 6.42 Å². The monoisotopic (exact) mass is 304 g/mol. The summed E-state index contributed by atoms with van der Waals surface area (Å²) in [6.45, 7) is 0. The number of rotatable bonds is 3. The highest BCUT2D eigenvalue weighted by molar-refractivity contribution is 9.10. The normalized spacial score (nSPS) is 10.9. The van der Waals surface area contributed by atoms with Crippen LogP contribution in [0.5, 0.6) is 0 Å². The summed E-state index contributed by atoms with van der Waals surface area (Å²) in [5, 5.41) is 0.909. The van der Waals surface area contributed by atoms with Gasteiger partial charge in [0.25, 0.3) is 0 Å². The van der Waals surface area contributed by atoms with Crippen molar-refractivity contribution in [1.82, 2.24) is 0 Å². The lowest BCUT2D eigenvalue weighted by atomic mass is 10.2. The molecule has 2 aromatic heterocycles. The Morgan fingerprint density at radius 2 is 2.11 bits per heavy atom. The lowest BCUT2D eigenvalue weighted by molar-refractivity contribution is 0.0962. The molecule has 18 heavy (non-hydrogen) atoms. The van der Waals surface area contributed by atoms with Gasteiger partial charge in [0.2, 0.25) is 5.78 Å². The molecule has 3 aromatic rings. The molecule has 90 valence electrons. The Labute approximate surface area is 112 Å². The van der Waals surface area contributed by atoms with Gasteiger partial charge in [-0.1, -0.05) is 12.1 Å². The Hall–Kier alpha value is -1.81. The number of hydrogen-bond acceptors (Lipinski definition) is 3. The molecule has 0 N–H and O–H groups in total. The van der Waals surface area contributed by atoms with Crippen LogP contribution in [-0.2, 0) is 6.42 Å². The molecular formula is C14H9BrO3. The van der Waals surface area contributed by atoms with Gasteiger partial charge in [-0.15, -0.1) is 0 Å². The molecule has 0 fully saturated rings. The number of fused-ring (bicyclic) bond motifs is 1. The van der Waals surface area contributed by atoms with Crippen LogP contribution in [0.15, 0.2) is 56.0 Å². The maximum atomic E-state index is 12.0. The van der Waals surface area contributed by atoms with Crippen LogP contribution in [-0.4, -0.2) is 5.78 Å². The molecule has 0 bridgehead atoms. The van der Waals surface area contributed by atoms with Gasteiger partial charge in [0.05, 0.1) is 17.2 Å². The number of halogens is 1. The Balaban J connectivity index is 1.94. The number of carbonyl (C=O) groups is 1. The lowest BCUT2D eigenvalue weighted by Gasteiger charge is -1.93. The fourth-order valence-electron chi connectivity index (χ4n) is 1.82. The van der Waals surface area contributed by atoms with Gasteiger partial charge in [0.1, 0.15) is 11.3 Å². The van der Waals surface area contributed by atoms with Gasteiger partial charge >= 0.3 is 0 Å². The van der Waals surface area contributed by atoms with Gasteiger partial charge in [-0.25, -0.2) is 0 Å². The van der Waals surface area contributed by atoms with E-state index in [1.807, 2.05) is 18.2 Å². The third-order valence-electron chi connectivity index (χ3n) is 2.69. The quantitative estimate of drug-likeness (QED) is 0.681. The van der Waals surface area contributed by atoms with Crippen LogP contribution in [0.25, 0.3) is 11.0 Å². The zero-order valence-electron chi connectivity index (χ0n) is 9.35. The number of ketones is 1. The molecule has 4 heteroatoms. The Morgan fingerprint density at radius 3 is 2.83 bits per heavy atom. The fourth-order valence-corrected chi connectivity index (χ4v) is 2.29. The summed E-state index contributed by atoms with van der Waals surface area (Å²) < 4.78 is 11.6. The minimum absolute atomic E-state index is 0.0898. The smallest absolute Gasteiger partial charge is 0.205 e. The van der Waals surface area contributed by atoms with E-state index in [2.05, 4.69) is 15.9 Å². The minimum atomic E-state index is -0.0898. The average Bonchev–Trinajstić information content (AvgIpc) is 2.97. The van der Waals surface area contributed by atoms with Gasteiger partial charge in [-0.2, -0.15) is 0 Å². The van der Waals surface area contributed by atoms with E-state index in [1.54, 1.807) is 24.5 Å². The van der Waals surface area contributed by atoms with E-state index in [0.717, 1.165) is 9.86 Å². The summed E-state index contributed by atoms with van der Waals surface area (Å²) in [6.07, 6.45) is 1.77. The highest BCUT2D eigenvalue weighted by Gasteiger charge is 2.15. The summed E-state index contributed by atoms with van der Waals surface area (Å²) in [5.41, 5.74) is 0.695. The van der Waals surface area contributed by atoms with Gasteiger partial charge in [-0.05, 0) is 40.2 Å². The molecule has 0 aliphatic heterocycles. The maximum Gasteiger partial charge on any atom is 0.205 e. The average molecular weight is 305 g/mol. The molecule has 2 heterocycles. The summed E-state index contributed by atoms with van der Waals surface area (Å²) >= 11 is 3.40. The third-order valence-corrected chi connectivity index (χ3v) is 3.31. The van der Waals surface area contributed by atoms with E-state index in [4.69, 9.17) is 8.83 Å². The second kappa shape index (κ2) is 4.46.